The van der Waals surface area contributed by atoms with Crippen LogP contribution in [0.25, 0.3) is 11.3 Å². The molecule has 0 saturated heterocycles. The number of aryl methyl sites for hydroxylation is 3. The zero-order valence-corrected chi connectivity index (χ0v) is 11.8. The first kappa shape index (κ1) is 12.7. The van der Waals surface area contributed by atoms with Gasteiger partial charge in [-0.15, -0.1) is 0 Å². The molecule has 0 atom stereocenters. The number of aromatic nitrogens is 1. The Balaban J connectivity index is 1.85. The summed E-state index contributed by atoms with van der Waals surface area (Å²) in [6.45, 7) is 3.20. The molecule has 1 aromatic heterocycles. The summed E-state index contributed by atoms with van der Waals surface area (Å²) in [5, 5.41) is 0. The van der Waals surface area contributed by atoms with Crippen molar-refractivity contribution in [2.45, 2.75) is 19.9 Å². The third-order valence-electron chi connectivity index (χ3n) is 3.70. The van der Waals surface area contributed by atoms with Crippen LogP contribution in [-0.4, -0.2) is 4.57 Å². The quantitative estimate of drug-likeness (QED) is 0.641. The van der Waals surface area contributed by atoms with Gasteiger partial charge in [-0.25, -0.2) is 0 Å². The summed E-state index contributed by atoms with van der Waals surface area (Å²) in [4.78, 5) is 0. The lowest BCUT2D eigenvalue weighted by molar-refractivity contribution is 0.706. The molecule has 0 aliphatic carbocycles. The van der Waals surface area contributed by atoms with Crippen molar-refractivity contribution in [2.75, 3.05) is 0 Å². The Morgan fingerprint density at radius 2 is 1.45 bits per heavy atom. The Hall–Kier alpha value is -2.28. The zero-order valence-electron chi connectivity index (χ0n) is 11.8. The van der Waals surface area contributed by atoms with Crippen molar-refractivity contribution in [1.29, 1.82) is 0 Å². The van der Waals surface area contributed by atoms with Gasteiger partial charge < -0.3 is 4.57 Å². The fourth-order valence-electron chi connectivity index (χ4n) is 2.65. The first-order valence-corrected chi connectivity index (χ1v) is 7.09. The molecule has 0 unspecified atom stereocenters. The molecule has 20 heavy (non-hydrogen) atoms. The van der Waals surface area contributed by atoms with E-state index in [4.69, 9.17) is 0 Å². The second kappa shape index (κ2) is 5.79. The molecule has 0 fully saturated rings. The average Bonchev–Trinajstić information content (AvgIpc) is 2.88. The van der Waals surface area contributed by atoms with E-state index in [1.54, 1.807) is 0 Å². The van der Waals surface area contributed by atoms with E-state index in [-0.39, 0.29) is 0 Å². The molecule has 1 nitrogen and oxygen atoms in total. The van der Waals surface area contributed by atoms with Crippen LogP contribution in [0.2, 0.25) is 0 Å². The maximum Gasteiger partial charge on any atom is 0.0510 e. The van der Waals surface area contributed by atoms with E-state index in [0.29, 0.717) is 0 Å². The van der Waals surface area contributed by atoms with Gasteiger partial charge in [-0.2, -0.15) is 0 Å². The number of nitrogens with zero attached hydrogens (tertiary/aromatic N) is 1. The fourth-order valence-corrected chi connectivity index (χ4v) is 2.65. The van der Waals surface area contributed by atoms with Crippen molar-refractivity contribution in [3.8, 4) is 11.3 Å². The van der Waals surface area contributed by atoms with Gasteiger partial charge in [0.15, 0.2) is 0 Å². The van der Waals surface area contributed by atoms with Crippen molar-refractivity contribution < 1.29 is 0 Å². The standard InChI is InChI=1S/C19H19N/c1-16-12-14-20(15-13-17-8-4-2-5-9-17)19(16)18-10-6-3-7-11-18/h2-12,14H,13,15H2,1H3. The van der Waals surface area contributed by atoms with E-state index in [0.717, 1.165) is 13.0 Å². The van der Waals surface area contributed by atoms with Gasteiger partial charge >= 0.3 is 0 Å². The molecule has 100 valence electrons. The number of rotatable bonds is 4. The van der Waals surface area contributed by atoms with Crippen molar-refractivity contribution in [2.24, 2.45) is 0 Å². The minimum absolute atomic E-state index is 1.02. The second-order valence-corrected chi connectivity index (χ2v) is 5.14. The molecule has 0 radical (unpaired) electrons. The van der Waals surface area contributed by atoms with Crippen LogP contribution >= 0.6 is 0 Å². The largest absolute Gasteiger partial charge is 0.347 e. The Kier molecular flexibility index (Phi) is 3.69. The van der Waals surface area contributed by atoms with E-state index in [1.165, 1.54) is 22.4 Å². The molecule has 0 saturated carbocycles. The Bertz CT molecular complexity index is 666. The smallest absolute Gasteiger partial charge is 0.0510 e. The third-order valence-corrected chi connectivity index (χ3v) is 3.70. The second-order valence-electron chi connectivity index (χ2n) is 5.14. The van der Waals surface area contributed by atoms with Crippen LogP contribution in [0.5, 0.6) is 0 Å². The molecule has 1 heteroatoms. The zero-order chi connectivity index (χ0) is 13.8. The molecule has 1 heterocycles. The SMILES string of the molecule is Cc1ccn(CCc2ccccc2)c1-c1ccccc1. The molecule has 0 N–H and O–H groups in total. The van der Waals surface area contributed by atoms with Crippen LogP contribution in [-0.2, 0) is 13.0 Å². The summed E-state index contributed by atoms with van der Waals surface area (Å²) in [6, 6.07) is 23.5. The molecule has 0 bridgehead atoms. The van der Waals surface area contributed by atoms with Gasteiger partial charge in [0.1, 0.15) is 0 Å². The van der Waals surface area contributed by atoms with E-state index >= 15 is 0 Å². The van der Waals surface area contributed by atoms with Crippen LogP contribution < -0.4 is 0 Å². The summed E-state index contributed by atoms with van der Waals surface area (Å²) in [5.41, 5.74) is 5.35. The summed E-state index contributed by atoms with van der Waals surface area (Å²) in [6.07, 6.45) is 3.26. The average molecular weight is 261 g/mol. The van der Waals surface area contributed by atoms with Gasteiger partial charge in [-0.3, -0.25) is 0 Å². The van der Waals surface area contributed by atoms with E-state index in [9.17, 15) is 0 Å². The molecule has 0 aliphatic heterocycles. The normalized spacial score (nSPS) is 10.7. The predicted molar refractivity (Wildman–Crippen MR) is 84.8 cm³/mol. The number of hydrogen-bond acceptors (Lipinski definition) is 0. The lowest BCUT2D eigenvalue weighted by Gasteiger charge is -2.11. The Morgan fingerprint density at radius 3 is 2.15 bits per heavy atom. The monoisotopic (exact) mass is 261 g/mol. The maximum absolute atomic E-state index is 2.36. The lowest BCUT2D eigenvalue weighted by Crippen LogP contribution is -2.02. The molecule has 3 rings (SSSR count). The van der Waals surface area contributed by atoms with Crippen molar-refractivity contribution in [1.82, 2.24) is 4.57 Å². The lowest BCUT2D eigenvalue weighted by atomic mass is 10.1. The van der Waals surface area contributed by atoms with Gasteiger partial charge in [0.05, 0.1) is 5.69 Å². The van der Waals surface area contributed by atoms with Crippen LogP contribution in [0.15, 0.2) is 72.9 Å². The molecular weight excluding hydrogens is 242 g/mol. The summed E-state index contributed by atoms with van der Waals surface area (Å²) in [7, 11) is 0. The van der Waals surface area contributed by atoms with E-state index < -0.39 is 0 Å². The minimum Gasteiger partial charge on any atom is -0.347 e. The highest BCUT2D eigenvalue weighted by Crippen LogP contribution is 2.24. The van der Waals surface area contributed by atoms with Gasteiger partial charge in [0.25, 0.3) is 0 Å². The maximum atomic E-state index is 2.36. The Morgan fingerprint density at radius 1 is 0.800 bits per heavy atom. The van der Waals surface area contributed by atoms with Gasteiger partial charge in [-0.05, 0) is 36.1 Å². The first-order chi connectivity index (χ1) is 9.84. The number of benzene rings is 2. The molecule has 0 aliphatic rings. The van der Waals surface area contributed by atoms with Crippen molar-refractivity contribution >= 4 is 0 Å². The highest BCUT2D eigenvalue weighted by Gasteiger charge is 2.07. The summed E-state index contributed by atoms with van der Waals surface area (Å²) < 4.78 is 2.36. The van der Waals surface area contributed by atoms with Crippen molar-refractivity contribution in [3.05, 3.63) is 84.1 Å². The summed E-state index contributed by atoms with van der Waals surface area (Å²) in [5.74, 6) is 0. The van der Waals surface area contributed by atoms with Gasteiger partial charge in [0, 0.05) is 12.7 Å². The minimum atomic E-state index is 1.02. The highest BCUT2D eigenvalue weighted by atomic mass is 15.0. The third kappa shape index (κ3) is 2.67. The highest BCUT2D eigenvalue weighted by molar-refractivity contribution is 5.63. The topological polar surface area (TPSA) is 4.93 Å². The first-order valence-electron chi connectivity index (χ1n) is 7.09. The fraction of sp³-hybridized carbons (Fsp3) is 0.158. The molecular formula is C19H19N. The van der Waals surface area contributed by atoms with Crippen LogP contribution in [0, 0.1) is 6.92 Å². The molecule has 0 spiro atoms. The molecule has 0 amide bonds. The molecule has 2 aromatic carbocycles. The van der Waals surface area contributed by atoms with Gasteiger partial charge in [0.2, 0.25) is 0 Å². The van der Waals surface area contributed by atoms with E-state index in [1.807, 2.05) is 0 Å². The Labute approximate surface area is 120 Å². The van der Waals surface area contributed by atoms with Crippen LogP contribution in [0.4, 0.5) is 0 Å². The molecule has 3 aromatic rings. The van der Waals surface area contributed by atoms with Crippen LogP contribution in [0.3, 0.4) is 0 Å². The number of hydrogen-bond donors (Lipinski definition) is 0. The van der Waals surface area contributed by atoms with Gasteiger partial charge in [-0.1, -0.05) is 60.7 Å². The van der Waals surface area contributed by atoms with Crippen LogP contribution in [0.1, 0.15) is 11.1 Å². The van der Waals surface area contributed by atoms with Crippen molar-refractivity contribution in [3.63, 3.8) is 0 Å². The van der Waals surface area contributed by atoms with E-state index in [2.05, 4.69) is 84.4 Å². The summed E-state index contributed by atoms with van der Waals surface area (Å²) >= 11 is 0. The predicted octanol–water partition coefficient (Wildman–Crippen LogP) is 4.71.